The summed E-state index contributed by atoms with van der Waals surface area (Å²) in [5.74, 6) is 0.663. The first-order valence-electron chi connectivity index (χ1n) is 9.47. The van der Waals surface area contributed by atoms with Crippen molar-refractivity contribution in [3.05, 3.63) is 59.7 Å². The van der Waals surface area contributed by atoms with Gasteiger partial charge < -0.3 is 9.64 Å². The predicted molar refractivity (Wildman–Crippen MR) is 108 cm³/mol. The Hall–Kier alpha value is -2.38. The quantitative estimate of drug-likeness (QED) is 0.806. The molecule has 150 valence electrons. The van der Waals surface area contributed by atoms with Crippen LogP contribution in [0.4, 0.5) is 0 Å². The Morgan fingerprint density at radius 1 is 1.07 bits per heavy atom. The van der Waals surface area contributed by atoms with Gasteiger partial charge in [0.05, 0.1) is 12.0 Å². The molecule has 1 aliphatic rings. The molecule has 1 N–H and O–H groups in total. The van der Waals surface area contributed by atoms with Gasteiger partial charge in [-0.3, -0.25) is 4.79 Å². The number of aryl methyl sites for hydroxylation is 1. The van der Waals surface area contributed by atoms with Crippen molar-refractivity contribution < 1.29 is 17.9 Å². The van der Waals surface area contributed by atoms with Crippen molar-refractivity contribution in [3.63, 3.8) is 0 Å². The van der Waals surface area contributed by atoms with E-state index in [1.165, 1.54) is 0 Å². The van der Waals surface area contributed by atoms with Gasteiger partial charge in [-0.25, -0.2) is 13.1 Å². The summed E-state index contributed by atoms with van der Waals surface area (Å²) in [5, 5.41) is 0. The van der Waals surface area contributed by atoms with E-state index >= 15 is 0 Å². The minimum absolute atomic E-state index is 0.0425. The number of hydrogen-bond donors (Lipinski definition) is 1. The van der Waals surface area contributed by atoms with E-state index in [9.17, 15) is 13.2 Å². The smallest absolute Gasteiger partial charge is 0.253 e. The van der Waals surface area contributed by atoms with E-state index in [0.29, 0.717) is 37.2 Å². The van der Waals surface area contributed by atoms with E-state index in [4.69, 9.17) is 4.74 Å². The molecule has 1 amide bonds. The Kier molecular flexibility index (Phi) is 6.36. The van der Waals surface area contributed by atoms with Crippen molar-refractivity contribution >= 4 is 15.9 Å². The molecule has 0 unspecified atom stereocenters. The number of likely N-dealkylation sites (tertiary alicyclic amines) is 1. The molecule has 28 heavy (non-hydrogen) atoms. The standard InChI is InChI=1S/C21H26N2O4S/c1-3-16-4-10-20(11-5-16)28(25,26)22-18-12-14-23(15-13-18)21(24)17-6-8-19(27-2)9-7-17/h4-11,18,22H,3,12-15H2,1-2H3. The third-order valence-electron chi connectivity index (χ3n) is 5.08. The highest BCUT2D eigenvalue weighted by Crippen LogP contribution is 2.19. The van der Waals surface area contributed by atoms with Gasteiger partial charge in [0.25, 0.3) is 5.91 Å². The van der Waals surface area contributed by atoms with Crippen LogP contribution in [0.1, 0.15) is 35.7 Å². The van der Waals surface area contributed by atoms with Crippen molar-refractivity contribution in [1.29, 1.82) is 0 Å². The molecule has 0 spiro atoms. The summed E-state index contributed by atoms with van der Waals surface area (Å²) in [6.45, 7) is 3.07. The lowest BCUT2D eigenvalue weighted by molar-refractivity contribution is 0.0711. The number of carbonyl (C=O) groups excluding carboxylic acids is 1. The van der Waals surface area contributed by atoms with Crippen molar-refractivity contribution in [2.75, 3.05) is 20.2 Å². The van der Waals surface area contributed by atoms with E-state index in [0.717, 1.165) is 12.0 Å². The number of hydrogen-bond acceptors (Lipinski definition) is 4. The van der Waals surface area contributed by atoms with Gasteiger partial charge in [-0.2, -0.15) is 0 Å². The maximum absolute atomic E-state index is 12.6. The Labute approximate surface area is 166 Å². The first-order chi connectivity index (χ1) is 13.4. The molecule has 1 heterocycles. The van der Waals surface area contributed by atoms with E-state index in [1.807, 2.05) is 19.1 Å². The second kappa shape index (κ2) is 8.75. The van der Waals surface area contributed by atoms with Crippen LogP contribution in [-0.2, 0) is 16.4 Å². The molecule has 0 atom stereocenters. The third kappa shape index (κ3) is 4.72. The molecule has 0 aromatic heterocycles. The number of sulfonamides is 1. The summed E-state index contributed by atoms with van der Waals surface area (Å²) >= 11 is 0. The van der Waals surface area contributed by atoms with Gasteiger partial charge in [-0.05, 0) is 61.2 Å². The third-order valence-corrected chi connectivity index (χ3v) is 6.62. The highest BCUT2D eigenvalue weighted by atomic mass is 32.2. The van der Waals surface area contributed by atoms with E-state index in [1.54, 1.807) is 48.4 Å². The van der Waals surface area contributed by atoms with E-state index in [-0.39, 0.29) is 16.8 Å². The molecular weight excluding hydrogens is 376 g/mol. The van der Waals surface area contributed by atoms with Crippen molar-refractivity contribution in [3.8, 4) is 5.75 Å². The Morgan fingerprint density at radius 2 is 1.68 bits per heavy atom. The van der Waals surface area contributed by atoms with E-state index < -0.39 is 10.0 Å². The summed E-state index contributed by atoms with van der Waals surface area (Å²) in [6, 6.07) is 13.8. The fourth-order valence-electron chi connectivity index (χ4n) is 3.31. The molecule has 1 saturated heterocycles. The molecule has 1 fully saturated rings. The number of carbonyl (C=O) groups is 1. The maximum atomic E-state index is 12.6. The Morgan fingerprint density at radius 3 is 2.21 bits per heavy atom. The van der Waals surface area contributed by atoms with Crippen LogP contribution in [0.5, 0.6) is 5.75 Å². The van der Waals surface area contributed by atoms with Crippen molar-refractivity contribution in [2.24, 2.45) is 0 Å². The number of ether oxygens (including phenoxy) is 1. The number of amides is 1. The molecular formula is C21H26N2O4S. The molecule has 1 aliphatic heterocycles. The molecule has 0 bridgehead atoms. The molecule has 0 aliphatic carbocycles. The largest absolute Gasteiger partial charge is 0.497 e. The average molecular weight is 403 g/mol. The average Bonchev–Trinajstić information content (AvgIpc) is 2.73. The summed E-state index contributed by atoms with van der Waals surface area (Å²) in [5.41, 5.74) is 1.71. The van der Waals surface area contributed by atoms with Crippen LogP contribution >= 0.6 is 0 Å². The lowest BCUT2D eigenvalue weighted by atomic mass is 10.0. The van der Waals surface area contributed by atoms with E-state index in [2.05, 4.69) is 4.72 Å². The number of benzene rings is 2. The van der Waals surface area contributed by atoms with Gasteiger partial charge in [0.1, 0.15) is 5.75 Å². The summed E-state index contributed by atoms with van der Waals surface area (Å²) in [7, 11) is -1.97. The first-order valence-corrected chi connectivity index (χ1v) is 11.0. The molecule has 6 nitrogen and oxygen atoms in total. The highest BCUT2D eigenvalue weighted by molar-refractivity contribution is 7.89. The Balaban J connectivity index is 1.57. The van der Waals surface area contributed by atoms with Crippen LogP contribution < -0.4 is 9.46 Å². The number of methoxy groups -OCH3 is 1. The monoisotopic (exact) mass is 402 g/mol. The minimum atomic E-state index is -3.55. The fourth-order valence-corrected chi connectivity index (χ4v) is 4.61. The minimum Gasteiger partial charge on any atom is -0.497 e. The van der Waals surface area contributed by atoms with Crippen LogP contribution in [0.25, 0.3) is 0 Å². The first kappa shape index (κ1) is 20.4. The van der Waals surface area contributed by atoms with Crippen LogP contribution in [0.2, 0.25) is 0 Å². The second-order valence-electron chi connectivity index (χ2n) is 6.91. The van der Waals surface area contributed by atoms with Crippen LogP contribution in [0.15, 0.2) is 53.4 Å². The van der Waals surface area contributed by atoms with Crippen LogP contribution in [0.3, 0.4) is 0 Å². The molecule has 0 radical (unpaired) electrons. The van der Waals surface area contributed by atoms with Gasteiger partial charge in [-0.15, -0.1) is 0 Å². The van der Waals surface area contributed by atoms with Gasteiger partial charge >= 0.3 is 0 Å². The number of piperidine rings is 1. The Bertz CT molecular complexity index is 900. The zero-order chi connectivity index (χ0) is 20.1. The predicted octanol–water partition coefficient (Wildman–Crippen LogP) is 2.84. The zero-order valence-corrected chi connectivity index (χ0v) is 17.0. The fraction of sp³-hybridized carbons (Fsp3) is 0.381. The van der Waals surface area contributed by atoms with Crippen molar-refractivity contribution in [1.82, 2.24) is 9.62 Å². The molecule has 2 aromatic rings. The summed E-state index contributed by atoms with van der Waals surface area (Å²) in [4.78, 5) is 14.7. The number of rotatable bonds is 6. The summed E-state index contributed by atoms with van der Waals surface area (Å²) in [6.07, 6.45) is 2.05. The maximum Gasteiger partial charge on any atom is 0.253 e. The lowest BCUT2D eigenvalue weighted by Gasteiger charge is -2.32. The highest BCUT2D eigenvalue weighted by Gasteiger charge is 2.27. The molecule has 2 aromatic carbocycles. The normalized spacial score (nSPS) is 15.4. The van der Waals surface area contributed by atoms with Crippen molar-refractivity contribution in [2.45, 2.75) is 37.1 Å². The topological polar surface area (TPSA) is 75.7 Å². The van der Waals surface area contributed by atoms with Crippen LogP contribution in [0, 0.1) is 0 Å². The molecule has 3 rings (SSSR count). The SMILES string of the molecule is CCc1ccc(S(=O)(=O)NC2CCN(C(=O)c3ccc(OC)cc3)CC2)cc1. The molecule has 0 saturated carbocycles. The van der Waals surface area contributed by atoms with Gasteiger partial charge in [0.2, 0.25) is 10.0 Å². The van der Waals surface area contributed by atoms with Gasteiger partial charge in [-0.1, -0.05) is 19.1 Å². The number of nitrogens with zero attached hydrogens (tertiary/aromatic N) is 1. The lowest BCUT2D eigenvalue weighted by Crippen LogP contribution is -2.46. The molecule has 7 heteroatoms. The second-order valence-corrected chi connectivity index (χ2v) is 8.63. The number of nitrogens with one attached hydrogen (secondary N) is 1. The summed E-state index contributed by atoms with van der Waals surface area (Å²) < 4.78 is 33.1. The van der Waals surface area contributed by atoms with Gasteiger partial charge in [0, 0.05) is 24.7 Å². The van der Waals surface area contributed by atoms with Gasteiger partial charge in [0.15, 0.2) is 0 Å². The zero-order valence-electron chi connectivity index (χ0n) is 16.2. The van der Waals surface area contributed by atoms with Crippen LogP contribution in [-0.4, -0.2) is 45.5 Å².